The third-order valence-corrected chi connectivity index (χ3v) is 2.67. The second kappa shape index (κ2) is 5.58. The van der Waals surface area contributed by atoms with E-state index in [-0.39, 0.29) is 5.97 Å². The van der Waals surface area contributed by atoms with Crippen LogP contribution in [0, 0.1) is 0 Å². The van der Waals surface area contributed by atoms with Gasteiger partial charge in [-0.1, -0.05) is 25.1 Å². The van der Waals surface area contributed by atoms with Gasteiger partial charge in [0.05, 0.1) is 5.69 Å². The summed E-state index contributed by atoms with van der Waals surface area (Å²) in [6.45, 7) is 6.22. The summed E-state index contributed by atoms with van der Waals surface area (Å²) in [6.07, 6.45) is 2.24. The van der Waals surface area contributed by atoms with Gasteiger partial charge in [-0.2, -0.15) is 0 Å². The predicted molar refractivity (Wildman–Crippen MR) is 69.4 cm³/mol. The van der Waals surface area contributed by atoms with Gasteiger partial charge in [0.15, 0.2) is 0 Å². The Labute approximate surface area is 107 Å². The Morgan fingerprint density at radius 1 is 1.56 bits per heavy atom. The molecule has 1 unspecified atom stereocenters. The lowest BCUT2D eigenvalue weighted by molar-refractivity contribution is -0.161. The smallest absolute Gasteiger partial charge is 0.330 e. The largest absolute Gasteiger partial charge is 0.435 e. The third kappa shape index (κ3) is 2.47. The number of fused-ring (bicyclic) bond motifs is 1. The van der Waals surface area contributed by atoms with Crippen molar-refractivity contribution in [3.8, 4) is 5.75 Å². The van der Waals surface area contributed by atoms with Crippen molar-refractivity contribution in [2.24, 2.45) is 0 Å². The van der Waals surface area contributed by atoms with E-state index in [1.54, 1.807) is 6.08 Å². The van der Waals surface area contributed by atoms with Gasteiger partial charge in [0, 0.05) is 13.0 Å². The number of rotatable bonds is 5. The summed E-state index contributed by atoms with van der Waals surface area (Å²) in [5.74, 6) is 0.484. The van der Waals surface area contributed by atoms with Gasteiger partial charge in [-0.05, 0) is 18.6 Å². The van der Waals surface area contributed by atoms with E-state index in [0.717, 1.165) is 17.9 Å². The van der Waals surface area contributed by atoms with Gasteiger partial charge in [0.25, 0.3) is 0 Å². The molecule has 0 aromatic heterocycles. The van der Waals surface area contributed by atoms with Crippen LogP contribution in [0.25, 0.3) is 0 Å². The zero-order chi connectivity index (χ0) is 13.0. The van der Waals surface area contributed by atoms with Crippen LogP contribution in [0.5, 0.6) is 5.75 Å². The van der Waals surface area contributed by atoms with Gasteiger partial charge < -0.3 is 9.47 Å². The van der Waals surface area contributed by atoms with Gasteiger partial charge in [0.1, 0.15) is 5.75 Å². The Morgan fingerprint density at radius 2 is 2.33 bits per heavy atom. The molecule has 0 fully saturated rings. The maximum absolute atomic E-state index is 11.5. The first kappa shape index (κ1) is 12.5. The molecule has 1 aromatic rings. The highest BCUT2D eigenvalue weighted by atomic mass is 16.7. The molecule has 0 radical (unpaired) electrons. The van der Waals surface area contributed by atoms with Crippen molar-refractivity contribution >= 4 is 11.7 Å². The molecule has 1 atom stereocenters. The van der Waals surface area contributed by atoms with E-state index in [0.29, 0.717) is 13.0 Å². The number of ether oxygens (including phenoxy) is 2. The lowest BCUT2D eigenvalue weighted by Gasteiger charge is -2.23. The van der Waals surface area contributed by atoms with Crippen molar-refractivity contribution < 1.29 is 14.3 Å². The fraction of sp³-hybridized carbons (Fsp3) is 0.357. The van der Waals surface area contributed by atoms with E-state index in [4.69, 9.17) is 9.47 Å². The number of esters is 1. The van der Waals surface area contributed by atoms with Gasteiger partial charge >= 0.3 is 12.4 Å². The van der Waals surface area contributed by atoms with Crippen LogP contribution in [-0.2, 0) is 9.53 Å². The molecule has 1 aliphatic rings. The van der Waals surface area contributed by atoms with Gasteiger partial charge in [-0.15, -0.1) is 6.58 Å². The maximum atomic E-state index is 11.5. The number of carbonyl (C=O) groups is 1. The topological polar surface area (TPSA) is 38.8 Å². The van der Waals surface area contributed by atoms with Crippen LogP contribution in [0.1, 0.15) is 19.8 Å². The number of para-hydroxylation sites is 2. The maximum Gasteiger partial charge on any atom is 0.330 e. The monoisotopic (exact) mass is 247 g/mol. The minimum atomic E-state index is -0.681. The summed E-state index contributed by atoms with van der Waals surface area (Å²) in [5, 5.41) is 0. The molecule has 0 spiro atoms. The van der Waals surface area contributed by atoms with Crippen molar-refractivity contribution in [3.63, 3.8) is 0 Å². The molecule has 0 bridgehead atoms. The zero-order valence-electron chi connectivity index (χ0n) is 10.5. The molecule has 96 valence electrons. The van der Waals surface area contributed by atoms with Crippen LogP contribution in [0.15, 0.2) is 36.9 Å². The summed E-state index contributed by atoms with van der Waals surface area (Å²) < 4.78 is 10.9. The summed E-state index contributed by atoms with van der Waals surface area (Å²) in [5.41, 5.74) is 0.923. The summed E-state index contributed by atoms with van der Waals surface area (Å²) in [4.78, 5) is 13.4. The molecular formula is C14H17NO3. The molecule has 1 heterocycles. The number of benzene rings is 1. The highest BCUT2D eigenvalue weighted by Crippen LogP contribution is 2.36. The molecule has 2 rings (SSSR count). The number of hydrogen-bond acceptors (Lipinski definition) is 4. The minimum absolute atomic E-state index is 0.246. The van der Waals surface area contributed by atoms with Crippen molar-refractivity contribution in [3.05, 3.63) is 36.9 Å². The molecule has 18 heavy (non-hydrogen) atoms. The van der Waals surface area contributed by atoms with Gasteiger partial charge in [0.2, 0.25) is 0 Å². The fourth-order valence-electron chi connectivity index (χ4n) is 1.87. The second-order valence-corrected chi connectivity index (χ2v) is 4.07. The number of nitrogens with zero attached hydrogens (tertiary/aromatic N) is 1. The second-order valence-electron chi connectivity index (χ2n) is 4.07. The molecule has 0 amide bonds. The van der Waals surface area contributed by atoms with Crippen LogP contribution in [0.2, 0.25) is 0 Å². The van der Waals surface area contributed by atoms with Gasteiger partial charge in [-0.3, -0.25) is 9.69 Å². The Hall–Kier alpha value is -1.97. The molecule has 4 nitrogen and oxygen atoms in total. The Morgan fingerprint density at radius 3 is 3.06 bits per heavy atom. The van der Waals surface area contributed by atoms with Crippen molar-refractivity contribution in [2.75, 3.05) is 11.4 Å². The highest BCUT2D eigenvalue weighted by Gasteiger charge is 2.32. The molecule has 1 aliphatic heterocycles. The molecule has 1 aromatic carbocycles. The molecule has 0 N–H and O–H groups in total. The lowest BCUT2D eigenvalue weighted by atomic mass is 10.3. The molecule has 0 saturated carbocycles. The Kier molecular flexibility index (Phi) is 3.87. The minimum Gasteiger partial charge on any atom is -0.435 e. The van der Waals surface area contributed by atoms with Gasteiger partial charge in [-0.25, -0.2) is 0 Å². The summed E-state index contributed by atoms with van der Waals surface area (Å²) in [6, 6.07) is 7.61. The average molecular weight is 247 g/mol. The molecule has 0 saturated heterocycles. The molecular weight excluding hydrogens is 230 g/mol. The molecule has 4 heteroatoms. The first-order chi connectivity index (χ1) is 8.76. The Bertz CT molecular complexity index is 444. The predicted octanol–water partition coefficient (Wildman–Crippen LogP) is 2.70. The van der Waals surface area contributed by atoms with E-state index in [2.05, 4.69) is 6.58 Å². The van der Waals surface area contributed by atoms with Crippen LogP contribution in [0.4, 0.5) is 5.69 Å². The van der Waals surface area contributed by atoms with Crippen molar-refractivity contribution in [1.82, 2.24) is 0 Å². The van der Waals surface area contributed by atoms with Crippen molar-refractivity contribution in [2.45, 2.75) is 26.2 Å². The normalized spacial score (nSPS) is 16.9. The van der Waals surface area contributed by atoms with Crippen LogP contribution in [0.3, 0.4) is 0 Å². The summed E-state index contributed by atoms with van der Waals surface area (Å²) >= 11 is 0. The first-order valence-corrected chi connectivity index (χ1v) is 6.09. The quantitative estimate of drug-likeness (QED) is 0.592. The molecule has 0 aliphatic carbocycles. The fourth-order valence-corrected chi connectivity index (χ4v) is 1.87. The van der Waals surface area contributed by atoms with Crippen LogP contribution >= 0.6 is 0 Å². The van der Waals surface area contributed by atoms with E-state index in [1.807, 2.05) is 36.1 Å². The van der Waals surface area contributed by atoms with E-state index < -0.39 is 6.41 Å². The number of carbonyl (C=O) groups excluding carboxylic acids is 1. The standard InChI is InChI=1S/C14H17NO3/c1-3-7-13(16)18-14-15(10-4-2)11-8-5-6-9-12(11)17-14/h4-6,8-9,14H,2-3,7,10H2,1H3. The number of anilines is 1. The zero-order valence-corrected chi connectivity index (χ0v) is 10.5. The number of hydrogen-bond donors (Lipinski definition) is 0. The summed E-state index contributed by atoms with van der Waals surface area (Å²) in [7, 11) is 0. The van der Waals surface area contributed by atoms with E-state index in [9.17, 15) is 4.79 Å². The third-order valence-electron chi connectivity index (χ3n) is 2.67. The van der Waals surface area contributed by atoms with E-state index in [1.165, 1.54) is 0 Å². The SMILES string of the molecule is C=CCN1c2ccccc2OC1OC(=O)CCC. The lowest BCUT2D eigenvalue weighted by Crippen LogP contribution is -2.38. The van der Waals surface area contributed by atoms with Crippen molar-refractivity contribution in [1.29, 1.82) is 0 Å². The van der Waals surface area contributed by atoms with E-state index >= 15 is 0 Å². The first-order valence-electron chi connectivity index (χ1n) is 6.09. The van der Waals surface area contributed by atoms with Crippen LogP contribution < -0.4 is 9.64 Å². The average Bonchev–Trinajstić information content (AvgIpc) is 2.68. The Balaban J connectivity index is 2.13. The highest BCUT2D eigenvalue weighted by molar-refractivity contribution is 5.70. The van der Waals surface area contributed by atoms with Crippen LogP contribution in [-0.4, -0.2) is 18.9 Å².